The SMILES string of the molecule is O=C(C1CSCCS1)C1CSCCS1. The van der Waals surface area contributed by atoms with E-state index in [-0.39, 0.29) is 0 Å². The van der Waals surface area contributed by atoms with Crippen LogP contribution in [-0.2, 0) is 4.79 Å². The van der Waals surface area contributed by atoms with Crippen molar-refractivity contribution in [2.75, 3.05) is 34.5 Å². The largest absolute Gasteiger partial charge is 0.297 e. The van der Waals surface area contributed by atoms with E-state index < -0.39 is 0 Å². The van der Waals surface area contributed by atoms with Crippen LogP contribution >= 0.6 is 47.0 Å². The Hall–Kier alpha value is 1.07. The lowest BCUT2D eigenvalue weighted by Crippen LogP contribution is -2.35. The fourth-order valence-electron chi connectivity index (χ4n) is 1.51. The zero-order chi connectivity index (χ0) is 9.80. The topological polar surface area (TPSA) is 17.1 Å². The van der Waals surface area contributed by atoms with E-state index in [0.717, 1.165) is 23.0 Å². The van der Waals surface area contributed by atoms with Crippen LogP contribution in [0.3, 0.4) is 0 Å². The number of rotatable bonds is 2. The van der Waals surface area contributed by atoms with Crippen molar-refractivity contribution >= 4 is 52.8 Å². The average molecular weight is 266 g/mol. The van der Waals surface area contributed by atoms with Crippen LogP contribution in [0.4, 0.5) is 0 Å². The van der Waals surface area contributed by atoms with Crippen molar-refractivity contribution in [1.29, 1.82) is 0 Å². The summed E-state index contributed by atoms with van der Waals surface area (Å²) in [7, 11) is 0. The summed E-state index contributed by atoms with van der Waals surface area (Å²) in [5.41, 5.74) is 0. The van der Waals surface area contributed by atoms with Crippen molar-refractivity contribution in [3.63, 3.8) is 0 Å². The van der Waals surface area contributed by atoms with Crippen molar-refractivity contribution < 1.29 is 4.79 Å². The molecule has 2 aliphatic heterocycles. The summed E-state index contributed by atoms with van der Waals surface area (Å²) in [5.74, 6) is 7.37. The molecule has 0 aromatic carbocycles. The molecule has 2 heterocycles. The maximum absolute atomic E-state index is 12.1. The van der Waals surface area contributed by atoms with Crippen LogP contribution in [0.5, 0.6) is 0 Å². The zero-order valence-electron chi connectivity index (χ0n) is 7.94. The van der Waals surface area contributed by atoms with E-state index in [1.807, 2.05) is 47.0 Å². The van der Waals surface area contributed by atoms with Gasteiger partial charge in [0.1, 0.15) is 0 Å². The molecule has 2 rings (SSSR count). The van der Waals surface area contributed by atoms with Gasteiger partial charge in [0.15, 0.2) is 5.78 Å². The molecule has 2 aliphatic rings. The quantitative estimate of drug-likeness (QED) is 0.760. The molecule has 0 aromatic rings. The third-order valence-corrected chi connectivity index (χ3v) is 7.81. The fraction of sp³-hybridized carbons (Fsp3) is 0.889. The van der Waals surface area contributed by atoms with Crippen LogP contribution in [0.2, 0.25) is 0 Å². The summed E-state index contributed by atoms with van der Waals surface area (Å²) in [6.45, 7) is 0. The predicted octanol–water partition coefficient (Wildman–Crippen LogP) is 2.25. The molecule has 0 aliphatic carbocycles. The van der Waals surface area contributed by atoms with Gasteiger partial charge < -0.3 is 0 Å². The van der Waals surface area contributed by atoms with E-state index in [1.54, 1.807) is 0 Å². The molecule has 2 fully saturated rings. The molecule has 0 aromatic heterocycles. The van der Waals surface area contributed by atoms with Crippen molar-refractivity contribution in [2.45, 2.75) is 10.5 Å². The van der Waals surface area contributed by atoms with Crippen molar-refractivity contribution in [2.24, 2.45) is 0 Å². The maximum Gasteiger partial charge on any atom is 0.160 e. The van der Waals surface area contributed by atoms with Gasteiger partial charge in [0, 0.05) is 34.5 Å². The second kappa shape index (κ2) is 5.97. The van der Waals surface area contributed by atoms with Gasteiger partial charge in [-0.2, -0.15) is 23.5 Å². The minimum atomic E-state index is 0.296. The lowest BCUT2D eigenvalue weighted by Gasteiger charge is -2.26. The Bertz CT molecular complexity index is 177. The van der Waals surface area contributed by atoms with Gasteiger partial charge in [-0.15, -0.1) is 23.5 Å². The Labute approximate surface area is 102 Å². The Kier molecular flexibility index (Phi) is 4.92. The molecule has 2 atom stereocenters. The summed E-state index contributed by atoms with van der Waals surface area (Å²) in [6, 6.07) is 0. The second-order valence-electron chi connectivity index (χ2n) is 3.27. The van der Waals surface area contributed by atoms with Gasteiger partial charge in [-0.25, -0.2) is 0 Å². The van der Waals surface area contributed by atoms with E-state index in [2.05, 4.69) is 0 Å². The first-order valence-corrected chi connectivity index (χ1v) is 9.21. The lowest BCUT2D eigenvalue weighted by atomic mass is 10.2. The fourth-order valence-corrected chi connectivity index (χ4v) is 6.97. The molecule has 80 valence electrons. The second-order valence-corrected chi connectivity index (χ2v) is 8.19. The summed E-state index contributed by atoms with van der Waals surface area (Å²) in [5, 5.41) is 0.592. The highest BCUT2D eigenvalue weighted by Gasteiger charge is 2.30. The number of ketones is 1. The van der Waals surface area contributed by atoms with Gasteiger partial charge in [-0.3, -0.25) is 4.79 Å². The smallest absolute Gasteiger partial charge is 0.160 e. The molecule has 0 radical (unpaired) electrons. The number of carbonyl (C=O) groups excluding carboxylic acids is 1. The Balaban J connectivity index is 1.85. The minimum Gasteiger partial charge on any atom is -0.297 e. The first-order valence-electron chi connectivity index (χ1n) is 4.80. The summed E-state index contributed by atoms with van der Waals surface area (Å²) < 4.78 is 0. The molecular weight excluding hydrogens is 252 g/mol. The number of Topliss-reactive ketones (excluding diaryl/α,β-unsaturated/α-hetero) is 1. The summed E-state index contributed by atoms with van der Waals surface area (Å²) in [4.78, 5) is 12.1. The van der Waals surface area contributed by atoms with Crippen LogP contribution in [-0.4, -0.2) is 50.8 Å². The van der Waals surface area contributed by atoms with Crippen LogP contribution in [0.1, 0.15) is 0 Å². The summed E-state index contributed by atoms with van der Waals surface area (Å²) in [6.07, 6.45) is 0. The van der Waals surface area contributed by atoms with Gasteiger partial charge >= 0.3 is 0 Å². The van der Waals surface area contributed by atoms with E-state index in [4.69, 9.17) is 0 Å². The third kappa shape index (κ3) is 3.03. The molecule has 0 amide bonds. The molecule has 5 heteroatoms. The van der Waals surface area contributed by atoms with E-state index >= 15 is 0 Å². The average Bonchev–Trinajstić information content (AvgIpc) is 2.30. The third-order valence-electron chi connectivity index (χ3n) is 2.27. The molecule has 0 N–H and O–H groups in total. The van der Waals surface area contributed by atoms with Gasteiger partial charge in [0.05, 0.1) is 10.5 Å². The Morgan fingerprint density at radius 3 is 1.71 bits per heavy atom. The predicted molar refractivity (Wildman–Crippen MR) is 72.1 cm³/mol. The normalized spacial score (nSPS) is 34.0. The van der Waals surface area contributed by atoms with Crippen LogP contribution in [0.25, 0.3) is 0 Å². The van der Waals surface area contributed by atoms with E-state index in [9.17, 15) is 4.79 Å². The van der Waals surface area contributed by atoms with Crippen molar-refractivity contribution in [1.82, 2.24) is 0 Å². The standard InChI is InChI=1S/C9H14OS4/c10-9(7-5-11-1-3-13-7)8-6-12-2-4-14-8/h7-8H,1-6H2. The summed E-state index contributed by atoms with van der Waals surface area (Å²) >= 11 is 7.62. The van der Waals surface area contributed by atoms with Crippen LogP contribution < -0.4 is 0 Å². The molecule has 14 heavy (non-hydrogen) atoms. The lowest BCUT2D eigenvalue weighted by molar-refractivity contribution is -0.117. The maximum atomic E-state index is 12.1. The van der Waals surface area contributed by atoms with Gasteiger partial charge in [0.2, 0.25) is 0 Å². The highest BCUT2D eigenvalue weighted by Crippen LogP contribution is 2.31. The number of thioether (sulfide) groups is 4. The zero-order valence-corrected chi connectivity index (χ0v) is 11.2. The highest BCUT2D eigenvalue weighted by molar-refractivity contribution is 8.08. The molecule has 0 saturated carbocycles. The van der Waals surface area contributed by atoms with Gasteiger partial charge in [-0.05, 0) is 0 Å². The number of hydrogen-bond acceptors (Lipinski definition) is 5. The van der Waals surface area contributed by atoms with Crippen LogP contribution in [0, 0.1) is 0 Å². The Morgan fingerprint density at radius 1 is 0.857 bits per heavy atom. The molecule has 0 spiro atoms. The Morgan fingerprint density at radius 2 is 1.36 bits per heavy atom. The monoisotopic (exact) mass is 266 g/mol. The molecular formula is C9H14OS4. The van der Waals surface area contributed by atoms with Crippen molar-refractivity contribution in [3.8, 4) is 0 Å². The molecule has 2 saturated heterocycles. The van der Waals surface area contributed by atoms with E-state index in [1.165, 1.54) is 11.5 Å². The number of carbonyl (C=O) groups is 1. The van der Waals surface area contributed by atoms with Gasteiger partial charge in [0.25, 0.3) is 0 Å². The molecule has 2 unspecified atom stereocenters. The van der Waals surface area contributed by atoms with Crippen LogP contribution in [0.15, 0.2) is 0 Å². The highest BCUT2D eigenvalue weighted by atomic mass is 32.2. The van der Waals surface area contributed by atoms with Crippen molar-refractivity contribution in [3.05, 3.63) is 0 Å². The van der Waals surface area contributed by atoms with Gasteiger partial charge in [-0.1, -0.05) is 0 Å². The first-order chi connectivity index (χ1) is 6.88. The number of hydrogen-bond donors (Lipinski definition) is 0. The van der Waals surface area contributed by atoms with E-state index in [0.29, 0.717) is 16.3 Å². The molecule has 0 bridgehead atoms. The minimum absolute atomic E-state index is 0.296. The first kappa shape index (κ1) is 11.6. The molecule has 1 nitrogen and oxygen atoms in total.